The molecule has 7 heteroatoms. The lowest BCUT2D eigenvalue weighted by Gasteiger charge is -2.34. The second-order valence-corrected chi connectivity index (χ2v) is 8.97. The first-order valence-corrected chi connectivity index (χ1v) is 11.3. The molecule has 174 valence electrons. The summed E-state index contributed by atoms with van der Waals surface area (Å²) in [5.74, 6) is 1.54. The van der Waals surface area contributed by atoms with Gasteiger partial charge in [0.1, 0.15) is 0 Å². The number of benzene rings is 1. The maximum absolute atomic E-state index is 13.0. The van der Waals surface area contributed by atoms with Gasteiger partial charge in [-0.15, -0.1) is 0 Å². The van der Waals surface area contributed by atoms with Crippen LogP contribution < -0.4 is 19.5 Å². The van der Waals surface area contributed by atoms with Gasteiger partial charge in [-0.1, -0.05) is 20.8 Å². The fraction of sp³-hybridized carbons (Fsp3) is 0.667. The van der Waals surface area contributed by atoms with E-state index in [0.29, 0.717) is 62.1 Å². The van der Waals surface area contributed by atoms with Crippen molar-refractivity contribution in [3.63, 3.8) is 0 Å². The van der Waals surface area contributed by atoms with E-state index >= 15 is 0 Å². The van der Waals surface area contributed by atoms with Crippen molar-refractivity contribution < 1.29 is 23.8 Å². The van der Waals surface area contributed by atoms with Gasteiger partial charge in [0.15, 0.2) is 11.5 Å². The SMILES string of the molecule is CCOc1cc(C(=O)NC2CCN(C(=O)CC(C)(C)C)CC2)cc(OCC)c1OCC. The summed E-state index contributed by atoms with van der Waals surface area (Å²) in [7, 11) is 0. The monoisotopic (exact) mass is 434 g/mol. The van der Waals surface area contributed by atoms with Crippen LogP contribution in [-0.4, -0.2) is 55.7 Å². The number of carbonyl (C=O) groups is 2. The van der Waals surface area contributed by atoms with Gasteiger partial charge in [-0.3, -0.25) is 9.59 Å². The van der Waals surface area contributed by atoms with Crippen molar-refractivity contribution in [2.45, 2.75) is 66.8 Å². The number of carbonyl (C=O) groups excluding carboxylic acids is 2. The van der Waals surface area contributed by atoms with Crippen LogP contribution in [0.3, 0.4) is 0 Å². The highest BCUT2D eigenvalue weighted by Crippen LogP contribution is 2.39. The number of piperidine rings is 1. The third kappa shape index (κ3) is 7.33. The second kappa shape index (κ2) is 11.3. The van der Waals surface area contributed by atoms with Gasteiger partial charge >= 0.3 is 0 Å². The lowest BCUT2D eigenvalue weighted by molar-refractivity contribution is -0.134. The minimum atomic E-state index is -0.176. The van der Waals surface area contributed by atoms with E-state index in [-0.39, 0.29) is 23.3 Å². The molecule has 0 bridgehead atoms. The summed E-state index contributed by atoms with van der Waals surface area (Å²) >= 11 is 0. The zero-order chi connectivity index (χ0) is 23.0. The molecule has 1 fully saturated rings. The van der Waals surface area contributed by atoms with Crippen LogP contribution in [-0.2, 0) is 4.79 Å². The molecule has 1 aliphatic rings. The number of likely N-dealkylation sites (tertiary alicyclic amines) is 1. The average molecular weight is 435 g/mol. The fourth-order valence-electron chi connectivity index (χ4n) is 3.63. The van der Waals surface area contributed by atoms with Crippen molar-refractivity contribution in [1.29, 1.82) is 0 Å². The Hall–Kier alpha value is -2.44. The predicted octanol–water partition coefficient (Wildman–Crippen LogP) is 4.04. The van der Waals surface area contributed by atoms with Crippen molar-refractivity contribution in [3.05, 3.63) is 17.7 Å². The Bertz CT molecular complexity index is 722. The van der Waals surface area contributed by atoms with E-state index in [0.717, 1.165) is 12.8 Å². The van der Waals surface area contributed by atoms with Gasteiger partial charge < -0.3 is 24.4 Å². The molecular formula is C24H38N2O5. The standard InChI is InChI=1S/C24H38N2O5/c1-7-29-19-14-17(15-20(30-8-2)22(19)31-9-3)23(28)25-18-10-12-26(13-11-18)21(27)16-24(4,5)6/h14-15,18H,7-13,16H2,1-6H3,(H,25,28). The summed E-state index contributed by atoms with van der Waals surface area (Å²) in [5.41, 5.74) is 0.452. The summed E-state index contributed by atoms with van der Waals surface area (Å²) in [4.78, 5) is 27.3. The lowest BCUT2D eigenvalue weighted by atomic mass is 9.91. The number of nitrogens with zero attached hydrogens (tertiary/aromatic N) is 1. The normalized spacial score (nSPS) is 14.8. The number of rotatable bonds is 9. The Morgan fingerprint density at radius 2 is 1.48 bits per heavy atom. The molecule has 0 aliphatic carbocycles. The van der Waals surface area contributed by atoms with Crippen molar-refractivity contribution in [2.24, 2.45) is 5.41 Å². The first-order chi connectivity index (χ1) is 14.7. The summed E-state index contributed by atoms with van der Waals surface area (Å²) < 4.78 is 17.1. The van der Waals surface area contributed by atoms with Crippen LogP contribution >= 0.6 is 0 Å². The van der Waals surface area contributed by atoms with Crippen LogP contribution in [0.2, 0.25) is 0 Å². The molecule has 0 aromatic heterocycles. The number of hydrogen-bond acceptors (Lipinski definition) is 5. The topological polar surface area (TPSA) is 77.1 Å². The minimum Gasteiger partial charge on any atom is -0.490 e. The molecule has 1 heterocycles. The van der Waals surface area contributed by atoms with E-state index in [1.165, 1.54) is 0 Å². The number of hydrogen-bond donors (Lipinski definition) is 1. The zero-order valence-electron chi connectivity index (χ0n) is 19.9. The van der Waals surface area contributed by atoms with Gasteiger partial charge in [-0.25, -0.2) is 0 Å². The first kappa shape index (κ1) is 24.8. The molecule has 1 aromatic rings. The molecule has 0 saturated carbocycles. The second-order valence-electron chi connectivity index (χ2n) is 8.97. The average Bonchev–Trinajstić information content (AvgIpc) is 2.69. The van der Waals surface area contributed by atoms with E-state index < -0.39 is 0 Å². The molecule has 1 aromatic carbocycles. The third-order valence-electron chi connectivity index (χ3n) is 5.04. The summed E-state index contributed by atoms with van der Waals surface area (Å²) in [6, 6.07) is 3.44. The van der Waals surface area contributed by atoms with Crippen LogP contribution in [0.4, 0.5) is 0 Å². The fourth-order valence-corrected chi connectivity index (χ4v) is 3.63. The van der Waals surface area contributed by atoms with Gasteiger partial charge in [-0.05, 0) is 51.2 Å². The van der Waals surface area contributed by atoms with Gasteiger partial charge in [0.25, 0.3) is 5.91 Å². The Kier molecular flexibility index (Phi) is 9.01. The highest BCUT2D eigenvalue weighted by molar-refractivity contribution is 5.95. The van der Waals surface area contributed by atoms with Crippen LogP contribution in [0.25, 0.3) is 0 Å². The van der Waals surface area contributed by atoms with Gasteiger partial charge in [0.05, 0.1) is 19.8 Å². The highest BCUT2D eigenvalue weighted by Gasteiger charge is 2.27. The molecule has 1 aliphatic heterocycles. The molecule has 2 amide bonds. The Balaban J connectivity index is 2.06. The predicted molar refractivity (Wildman–Crippen MR) is 121 cm³/mol. The molecule has 0 spiro atoms. The van der Waals surface area contributed by atoms with E-state index in [1.54, 1.807) is 12.1 Å². The number of amides is 2. The molecule has 0 unspecified atom stereocenters. The van der Waals surface area contributed by atoms with Crippen molar-refractivity contribution in [3.8, 4) is 17.2 Å². The van der Waals surface area contributed by atoms with Crippen molar-refractivity contribution >= 4 is 11.8 Å². The lowest BCUT2D eigenvalue weighted by Crippen LogP contribution is -2.47. The van der Waals surface area contributed by atoms with Crippen LogP contribution in [0.1, 0.15) is 71.2 Å². The molecule has 1 saturated heterocycles. The van der Waals surface area contributed by atoms with E-state index in [2.05, 4.69) is 26.1 Å². The van der Waals surface area contributed by atoms with Crippen LogP contribution in [0.15, 0.2) is 12.1 Å². The maximum atomic E-state index is 13.0. The Labute approximate surface area is 186 Å². The smallest absolute Gasteiger partial charge is 0.251 e. The van der Waals surface area contributed by atoms with E-state index in [1.807, 2.05) is 25.7 Å². The van der Waals surface area contributed by atoms with Crippen LogP contribution in [0, 0.1) is 5.41 Å². The zero-order valence-corrected chi connectivity index (χ0v) is 19.9. The van der Waals surface area contributed by atoms with Crippen molar-refractivity contribution in [2.75, 3.05) is 32.9 Å². The Morgan fingerprint density at radius 1 is 0.968 bits per heavy atom. The highest BCUT2D eigenvalue weighted by atomic mass is 16.5. The Morgan fingerprint density at radius 3 is 1.94 bits per heavy atom. The molecular weight excluding hydrogens is 396 g/mol. The van der Waals surface area contributed by atoms with Crippen molar-refractivity contribution in [1.82, 2.24) is 10.2 Å². The summed E-state index contributed by atoms with van der Waals surface area (Å²) in [5, 5.41) is 3.10. The molecule has 0 atom stereocenters. The van der Waals surface area contributed by atoms with Gasteiger partial charge in [0.2, 0.25) is 11.7 Å². The molecule has 2 rings (SSSR count). The largest absolute Gasteiger partial charge is 0.490 e. The van der Waals surface area contributed by atoms with Gasteiger partial charge in [0, 0.05) is 31.1 Å². The number of ether oxygens (including phenoxy) is 3. The molecule has 7 nitrogen and oxygen atoms in total. The minimum absolute atomic E-state index is 0.0215. The molecule has 0 radical (unpaired) electrons. The van der Waals surface area contributed by atoms with E-state index in [9.17, 15) is 9.59 Å². The number of nitrogens with one attached hydrogen (secondary N) is 1. The first-order valence-electron chi connectivity index (χ1n) is 11.3. The van der Waals surface area contributed by atoms with E-state index in [4.69, 9.17) is 14.2 Å². The summed E-state index contributed by atoms with van der Waals surface area (Å²) in [6.07, 6.45) is 2.03. The van der Waals surface area contributed by atoms with Gasteiger partial charge in [-0.2, -0.15) is 0 Å². The quantitative estimate of drug-likeness (QED) is 0.635. The third-order valence-corrected chi connectivity index (χ3v) is 5.04. The molecule has 31 heavy (non-hydrogen) atoms. The molecule has 1 N–H and O–H groups in total. The summed E-state index contributed by atoms with van der Waals surface area (Å²) in [6.45, 7) is 14.6. The maximum Gasteiger partial charge on any atom is 0.251 e. The van der Waals surface area contributed by atoms with Crippen LogP contribution in [0.5, 0.6) is 17.2 Å².